The van der Waals surface area contributed by atoms with E-state index in [2.05, 4.69) is 19.2 Å². The van der Waals surface area contributed by atoms with E-state index in [1.165, 1.54) is 6.92 Å². The van der Waals surface area contributed by atoms with Crippen LogP contribution in [0.15, 0.2) is 0 Å². The fourth-order valence-electron chi connectivity index (χ4n) is 3.10. The van der Waals surface area contributed by atoms with Gasteiger partial charge in [-0.1, -0.05) is 26.7 Å². The Bertz CT molecular complexity index is 244. The van der Waals surface area contributed by atoms with Crippen molar-refractivity contribution in [1.82, 2.24) is 5.32 Å². The lowest BCUT2D eigenvalue weighted by Crippen LogP contribution is -2.51. The Hall–Kier alpha value is -0.610. The molecule has 0 bridgehead atoms. The molecule has 1 aliphatic rings. The second-order valence-corrected chi connectivity index (χ2v) is 5.19. The van der Waals surface area contributed by atoms with Gasteiger partial charge >= 0.3 is 0 Å². The topological polar surface area (TPSA) is 75.4 Å². The molecule has 4 nitrogen and oxygen atoms in total. The van der Waals surface area contributed by atoms with Crippen molar-refractivity contribution in [1.29, 1.82) is 0 Å². The van der Waals surface area contributed by atoms with Gasteiger partial charge in [0.15, 0.2) is 0 Å². The zero-order chi connectivity index (χ0) is 13.0. The molecule has 0 aromatic rings. The molecule has 1 aliphatic carbocycles. The van der Waals surface area contributed by atoms with Crippen LogP contribution < -0.4 is 11.1 Å². The zero-order valence-electron chi connectivity index (χ0n) is 11.1. The molecule has 0 aliphatic heterocycles. The molecule has 1 rings (SSSR count). The van der Waals surface area contributed by atoms with Crippen LogP contribution in [0, 0.1) is 11.8 Å². The van der Waals surface area contributed by atoms with Gasteiger partial charge in [0.25, 0.3) is 0 Å². The van der Waals surface area contributed by atoms with Crippen molar-refractivity contribution < 1.29 is 9.90 Å². The van der Waals surface area contributed by atoms with Crippen LogP contribution in [0.25, 0.3) is 0 Å². The molecule has 0 unspecified atom stereocenters. The number of nitrogens with two attached hydrogens (primary N) is 1. The molecule has 4 heteroatoms. The minimum absolute atomic E-state index is 0.00227. The molecule has 0 spiro atoms. The van der Waals surface area contributed by atoms with Crippen LogP contribution >= 0.6 is 0 Å². The van der Waals surface area contributed by atoms with Gasteiger partial charge in [-0.25, -0.2) is 0 Å². The van der Waals surface area contributed by atoms with E-state index in [9.17, 15) is 9.90 Å². The van der Waals surface area contributed by atoms with Gasteiger partial charge < -0.3 is 16.2 Å². The molecule has 4 atom stereocenters. The fraction of sp³-hybridized carbons (Fsp3) is 0.923. The fourth-order valence-corrected chi connectivity index (χ4v) is 3.10. The lowest BCUT2D eigenvalue weighted by molar-refractivity contribution is -0.120. The minimum Gasteiger partial charge on any atom is -0.393 e. The van der Waals surface area contributed by atoms with E-state index in [0.29, 0.717) is 5.92 Å². The van der Waals surface area contributed by atoms with Gasteiger partial charge in [-0.2, -0.15) is 0 Å². The van der Waals surface area contributed by atoms with Gasteiger partial charge in [0.1, 0.15) is 0 Å². The number of aliphatic hydroxyl groups is 1. The van der Waals surface area contributed by atoms with E-state index < -0.39 is 0 Å². The number of rotatable bonds is 5. The highest BCUT2D eigenvalue weighted by atomic mass is 16.3. The molecular weight excluding hydrogens is 216 g/mol. The van der Waals surface area contributed by atoms with E-state index in [0.717, 1.165) is 25.7 Å². The summed E-state index contributed by atoms with van der Waals surface area (Å²) in [6.07, 6.45) is 3.22. The highest BCUT2D eigenvalue weighted by molar-refractivity contribution is 5.73. The second kappa shape index (κ2) is 6.36. The molecule has 1 saturated carbocycles. The third-order valence-corrected chi connectivity index (χ3v) is 4.08. The summed E-state index contributed by atoms with van der Waals surface area (Å²) in [5, 5.41) is 13.1. The van der Waals surface area contributed by atoms with Crippen molar-refractivity contribution >= 4 is 5.91 Å². The van der Waals surface area contributed by atoms with Crippen LogP contribution in [0.3, 0.4) is 0 Å². The molecule has 17 heavy (non-hydrogen) atoms. The van der Waals surface area contributed by atoms with Crippen molar-refractivity contribution in [3.8, 4) is 0 Å². The van der Waals surface area contributed by atoms with E-state index >= 15 is 0 Å². The first-order valence-corrected chi connectivity index (χ1v) is 6.71. The van der Waals surface area contributed by atoms with E-state index in [-0.39, 0.29) is 30.0 Å². The summed E-state index contributed by atoms with van der Waals surface area (Å²) in [4.78, 5) is 11.3. The third-order valence-electron chi connectivity index (χ3n) is 4.08. The zero-order valence-corrected chi connectivity index (χ0v) is 11.1. The van der Waals surface area contributed by atoms with Gasteiger partial charge in [0, 0.05) is 24.9 Å². The van der Waals surface area contributed by atoms with E-state index in [4.69, 9.17) is 5.73 Å². The van der Waals surface area contributed by atoms with Crippen molar-refractivity contribution in [2.45, 2.75) is 64.6 Å². The van der Waals surface area contributed by atoms with Gasteiger partial charge in [-0.3, -0.25) is 4.79 Å². The summed E-state index contributed by atoms with van der Waals surface area (Å²) < 4.78 is 0. The Kier molecular flexibility index (Phi) is 5.40. The monoisotopic (exact) mass is 242 g/mol. The lowest BCUT2D eigenvalue weighted by atomic mass is 9.81. The summed E-state index contributed by atoms with van der Waals surface area (Å²) in [6, 6.07) is 0.0115. The van der Waals surface area contributed by atoms with Gasteiger partial charge in [-0.15, -0.1) is 0 Å². The quantitative estimate of drug-likeness (QED) is 0.674. The Morgan fingerprint density at radius 2 is 2.00 bits per heavy atom. The number of carbonyl (C=O) groups excluding carboxylic acids is 1. The minimum atomic E-state index is -0.373. The SMILES string of the molecule is CCC(CC)[C@H](NC(C)=O)[C@H]1[C@H](N)CC[C@H]1O. The maximum absolute atomic E-state index is 11.3. The van der Waals surface area contributed by atoms with Crippen LogP contribution in [0.2, 0.25) is 0 Å². The number of carbonyl (C=O) groups is 1. The van der Waals surface area contributed by atoms with Crippen LogP contribution in [-0.4, -0.2) is 29.2 Å². The van der Waals surface area contributed by atoms with Crippen molar-refractivity contribution in [2.75, 3.05) is 0 Å². The van der Waals surface area contributed by atoms with E-state index in [1.807, 2.05) is 0 Å². The first-order valence-electron chi connectivity index (χ1n) is 6.71. The molecular formula is C13H26N2O2. The van der Waals surface area contributed by atoms with Crippen molar-refractivity contribution in [3.63, 3.8) is 0 Å². The maximum Gasteiger partial charge on any atom is 0.217 e. The molecule has 0 heterocycles. The number of aliphatic hydroxyl groups excluding tert-OH is 1. The number of hydrogen-bond donors (Lipinski definition) is 3. The van der Waals surface area contributed by atoms with E-state index in [1.54, 1.807) is 0 Å². The first kappa shape index (κ1) is 14.5. The summed E-state index contributed by atoms with van der Waals surface area (Å²) in [6.45, 7) is 5.77. The summed E-state index contributed by atoms with van der Waals surface area (Å²) in [5.74, 6) is 0.361. The van der Waals surface area contributed by atoms with Gasteiger partial charge in [0.05, 0.1) is 6.10 Å². The molecule has 0 aromatic carbocycles. The first-order chi connectivity index (χ1) is 8.01. The lowest BCUT2D eigenvalue weighted by Gasteiger charge is -2.35. The molecule has 1 fully saturated rings. The molecule has 1 amide bonds. The largest absolute Gasteiger partial charge is 0.393 e. The molecule has 0 aromatic heterocycles. The van der Waals surface area contributed by atoms with Crippen LogP contribution in [0.5, 0.6) is 0 Å². The average Bonchev–Trinajstić information content (AvgIpc) is 2.58. The molecule has 0 radical (unpaired) electrons. The summed E-state index contributed by atoms with van der Waals surface area (Å²) in [5.41, 5.74) is 6.08. The summed E-state index contributed by atoms with van der Waals surface area (Å²) >= 11 is 0. The third kappa shape index (κ3) is 3.42. The van der Waals surface area contributed by atoms with Crippen LogP contribution in [0.4, 0.5) is 0 Å². The highest BCUT2D eigenvalue weighted by Gasteiger charge is 2.41. The number of amides is 1. The van der Waals surface area contributed by atoms with Crippen LogP contribution in [-0.2, 0) is 4.79 Å². The maximum atomic E-state index is 11.3. The number of hydrogen-bond acceptors (Lipinski definition) is 3. The second-order valence-electron chi connectivity index (χ2n) is 5.19. The van der Waals surface area contributed by atoms with Gasteiger partial charge in [-0.05, 0) is 18.8 Å². The average molecular weight is 242 g/mol. The molecule has 100 valence electrons. The Labute approximate surface area is 104 Å². The van der Waals surface area contributed by atoms with Crippen molar-refractivity contribution in [3.05, 3.63) is 0 Å². The standard InChI is InChI=1S/C13H26N2O2/c1-4-9(5-2)13(15-8(3)16)12-10(14)6-7-11(12)17/h9-13,17H,4-7,14H2,1-3H3,(H,15,16)/t10-,11-,12+,13+/m1/s1. The van der Waals surface area contributed by atoms with Crippen molar-refractivity contribution in [2.24, 2.45) is 17.6 Å². The Morgan fingerprint density at radius 3 is 2.35 bits per heavy atom. The predicted octanol–water partition coefficient (Wildman–Crippen LogP) is 1.03. The molecule has 0 saturated heterocycles. The summed E-state index contributed by atoms with van der Waals surface area (Å²) in [7, 11) is 0. The predicted molar refractivity (Wildman–Crippen MR) is 68.4 cm³/mol. The molecule has 4 N–H and O–H groups in total. The Balaban J connectivity index is 2.84. The smallest absolute Gasteiger partial charge is 0.217 e. The Morgan fingerprint density at radius 1 is 1.41 bits per heavy atom. The number of nitrogens with one attached hydrogen (secondary N) is 1. The normalized spacial score (nSPS) is 30.6. The highest BCUT2D eigenvalue weighted by Crippen LogP contribution is 2.32. The van der Waals surface area contributed by atoms with Crippen LogP contribution in [0.1, 0.15) is 46.5 Å². The van der Waals surface area contributed by atoms with Gasteiger partial charge in [0.2, 0.25) is 5.91 Å².